The van der Waals surface area contributed by atoms with Crippen molar-refractivity contribution in [3.63, 3.8) is 0 Å². The lowest BCUT2D eigenvalue weighted by atomic mass is 9.96. The second-order valence-corrected chi connectivity index (χ2v) is 5.33. The maximum atomic E-state index is 11.8. The van der Waals surface area contributed by atoms with E-state index in [9.17, 15) is 14.4 Å². The Balaban J connectivity index is 1.84. The van der Waals surface area contributed by atoms with Crippen LogP contribution in [0.1, 0.15) is 11.1 Å². The van der Waals surface area contributed by atoms with Crippen molar-refractivity contribution >= 4 is 17.8 Å². The number of imide groups is 2. The van der Waals surface area contributed by atoms with Crippen LogP contribution in [0.25, 0.3) is 11.4 Å². The number of rotatable bonds is 3. The van der Waals surface area contributed by atoms with Crippen molar-refractivity contribution in [3.8, 4) is 11.4 Å². The molecule has 1 aliphatic heterocycles. The van der Waals surface area contributed by atoms with Crippen LogP contribution in [-0.4, -0.2) is 27.8 Å². The summed E-state index contributed by atoms with van der Waals surface area (Å²) in [4.78, 5) is 43.2. The van der Waals surface area contributed by atoms with Crippen molar-refractivity contribution in [1.29, 1.82) is 0 Å². The number of carbonyl (C=O) groups is 3. The Morgan fingerprint density at radius 1 is 0.957 bits per heavy atom. The second kappa shape index (κ2) is 5.96. The highest BCUT2D eigenvalue weighted by Crippen LogP contribution is 2.19. The average molecular weight is 310 g/mol. The van der Waals surface area contributed by atoms with Crippen molar-refractivity contribution in [2.45, 2.75) is 13.3 Å². The first-order valence-corrected chi connectivity index (χ1v) is 7.06. The lowest BCUT2D eigenvalue weighted by Gasteiger charge is -2.20. The number of nitrogens with zero attached hydrogens (tertiary/aromatic N) is 2. The standard InChI is InChI=1S/C16H14N4O3/c1-9-2-4-17-12(6-9)13-8-10(3-5-18-13)7-11-14(21)19-16(23)20-15(11)22/h2-6,8,11H,7H2,1H3,(H2,19,20,21,22,23). The van der Waals surface area contributed by atoms with Crippen molar-refractivity contribution in [2.24, 2.45) is 5.92 Å². The molecule has 0 radical (unpaired) electrons. The van der Waals surface area contributed by atoms with Crippen LogP contribution in [0.4, 0.5) is 4.79 Å². The molecule has 0 unspecified atom stereocenters. The molecule has 0 atom stereocenters. The monoisotopic (exact) mass is 310 g/mol. The first kappa shape index (κ1) is 14.8. The highest BCUT2D eigenvalue weighted by Gasteiger charge is 2.34. The molecule has 0 aliphatic carbocycles. The summed E-state index contributed by atoms with van der Waals surface area (Å²) in [7, 11) is 0. The van der Waals surface area contributed by atoms with Crippen LogP contribution in [-0.2, 0) is 16.0 Å². The minimum Gasteiger partial charge on any atom is -0.277 e. The number of barbiturate groups is 1. The molecule has 0 spiro atoms. The number of urea groups is 1. The Labute approximate surface area is 132 Å². The summed E-state index contributed by atoms with van der Waals surface area (Å²) in [6, 6.07) is 6.54. The summed E-state index contributed by atoms with van der Waals surface area (Å²) in [6.45, 7) is 1.96. The van der Waals surface area contributed by atoms with Gasteiger partial charge in [-0.05, 0) is 48.7 Å². The maximum Gasteiger partial charge on any atom is 0.328 e. The zero-order valence-corrected chi connectivity index (χ0v) is 12.4. The molecule has 116 valence electrons. The normalized spacial score (nSPS) is 15.3. The van der Waals surface area contributed by atoms with Gasteiger partial charge in [-0.1, -0.05) is 0 Å². The smallest absolute Gasteiger partial charge is 0.277 e. The minimum absolute atomic E-state index is 0.187. The summed E-state index contributed by atoms with van der Waals surface area (Å²) >= 11 is 0. The topological polar surface area (TPSA) is 101 Å². The summed E-state index contributed by atoms with van der Waals surface area (Å²) in [6.07, 6.45) is 3.50. The van der Waals surface area contributed by atoms with Crippen LogP contribution in [0, 0.1) is 12.8 Å². The Kier molecular flexibility index (Phi) is 3.84. The van der Waals surface area contributed by atoms with Crippen LogP contribution in [0.5, 0.6) is 0 Å². The molecule has 2 aromatic heterocycles. The third kappa shape index (κ3) is 3.23. The van der Waals surface area contributed by atoms with Gasteiger partial charge in [-0.25, -0.2) is 4.79 Å². The van der Waals surface area contributed by atoms with Gasteiger partial charge in [0, 0.05) is 12.4 Å². The van der Waals surface area contributed by atoms with Crippen LogP contribution in [0.3, 0.4) is 0 Å². The number of aryl methyl sites for hydroxylation is 1. The molecule has 23 heavy (non-hydrogen) atoms. The molecule has 0 aromatic carbocycles. The van der Waals surface area contributed by atoms with Crippen molar-refractivity contribution in [3.05, 3.63) is 47.8 Å². The predicted molar refractivity (Wildman–Crippen MR) is 81.1 cm³/mol. The van der Waals surface area contributed by atoms with E-state index in [1.807, 2.05) is 19.1 Å². The Hall–Kier alpha value is -3.09. The predicted octanol–water partition coefficient (Wildman–Crippen LogP) is 0.977. The van der Waals surface area contributed by atoms with Gasteiger partial charge in [0.15, 0.2) is 0 Å². The van der Waals surface area contributed by atoms with Crippen molar-refractivity contribution in [2.75, 3.05) is 0 Å². The molecule has 2 N–H and O–H groups in total. The number of nitrogens with one attached hydrogen (secondary N) is 2. The van der Waals surface area contributed by atoms with Gasteiger partial charge in [0.25, 0.3) is 0 Å². The van der Waals surface area contributed by atoms with E-state index in [1.54, 1.807) is 24.5 Å². The van der Waals surface area contributed by atoms with E-state index in [1.165, 1.54) is 0 Å². The minimum atomic E-state index is -0.937. The number of amides is 4. The first-order valence-electron chi connectivity index (χ1n) is 7.06. The fraction of sp³-hybridized carbons (Fsp3) is 0.188. The molecule has 1 fully saturated rings. The summed E-state index contributed by atoms with van der Waals surface area (Å²) in [5.74, 6) is -2.12. The largest absolute Gasteiger partial charge is 0.328 e. The molecule has 7 heteroatoms. The molecule has 7 nitrogen and oxygen atoms in total. The highest BCUT2D eigenvalue weighted by atomic mass is 16.2. The van der Waals surface area contributed by atoms with Crippen LogP contribution in [0.15, 0.2) is 36.7 Å². The zero-order valence-electron chi connectivity index (χ0n) is 12.4. The molecule has 3 rings (SSSR count). The maximum absolute atomic E-state index is 11.8. The number of carbonyl (C=O) groups excluding carboxylic acids is 3. The lowest BCUT2D eigenvalue weighted by Crippen LogP contribution is -2.56. The van der Waals surface area contributed by atoms with Gasteiger partial charge in [-0.3, -0.25) is 30.2 Å². The SMILES string of the molecule is Cc1ccnc(-c2cc(CC3C(=O)NC(=O)NC3=O)ccn2)c1. The van der Waals surface area contributed by atoms with E-state index in [0.717, 1.165) is 16.8 Å². The third-order valence-corrected chi connectivity index (χ3v) is 3.55. The molecule has 3 heterocycles. The van der Waals surface area contributed by atoms with Gasteiger partial charge in [0.1, 0.15) is 5.92 Å². The molecule has 1 aliphatic rings. The Morgan fingerprint density at radius 3 is 2.22 bits per heavy atom. The number of aromatic nitrogens is 2. The van der Waals surface area contributed by atoms with E-state index in [2.05, 4.69) is 20.6 Å². The van der Waals surface area contributed by atoms with E-state index in [-0.39, 0.29) is 6.42 Å². The molecule has 4 amide bonds. The summed E-state index contributed by atoms with van der Waals surface area (Å²) in [5.41, 5.74) is 3.22. The van der Waals surface area contributed by atoms with Gasteiger partial charge in [0.2, 0.25) is 11.8 Å². The van der Waals surface area contributed by atoms with Crippen LogP contribution in [0.2, 0.25) is 0 Å². The average Bonchev–Trinajstić information content (AvgIpc) is 2.51. The van der Waals surface area contributed by atoms with Gasteiger partial charge >= 0.3 is 6.03 Å². The highest BCUT2D eigenvalue weighted by molar-refractivity contribution is 6.16. The second-order valence-electron chi connectivity index (χ2n) is 5.33. The molecular formula is C16H14N4O3. The van der Waals surface area contributed by atoms with Gasteiger partial charge in [-0.2, -0.15) is 0 Å². The van der Waals surface area contributed by atoms with Gasteiger partial charge in [-0.15, -0.1) is 0 Å². The van der Waals surface area contributed by atoms with Crippen molar-refractivity contribution < 1.29 is 14.4 Å². The number of hydrogen-bond acceptors (Lipinski definition) is 5. The first-order chi connectivity index (χ1) is 11.0. The zero-order chi connectivity index (χ0) is 16.4. The van der Waals surface area contributed by atoms with Crippen molar-refractivity contribution in [1.82, 2.24) is 20.6 Å². The van der Waals surface area contributed by atoms with Crippen LogP contribution >= 0.6 is 0 Å². The van der Waals surface area contributed by atoms with E-state index < -0.39 is 23.8 Å². The van der Waals surface area contributed by atoms with E-state index >= 15 is 0 Å². The Bertz CT molecular complexity index is 783. The molecule has 0 saturated carbocycles. The molecule has 2 aromatic rings. The summed E-state index contributed by atoms with van der Waals surface area (Å²) < 4.78 is 0. The van der Waals surface area contributed by atoms with E-state index in [4.69, 9.17) is 0 Å². The van der Waals surface area contributed by atoms with Gasteiger partial charge < -0.3 is 0 Å². The van der Waals surface area contributed by atoms with Crippen LogP contribution < -0.4 is 10.6 Å². The molecule has 1 saturated heterocycles. The fourth-order valence-corrected chi connectivity index (χ4v) is 2.39. The quantitative estimate of drug-likeness (QED) is 0.823. The molecular weight excluding hydrogens is 296 g/mol. The number of hydrogen-bond donors (Lipinski definition) is 2. The fourth-order valence-electron chi connectivity index (χ4n) is 2.39. The third-order valence-electron chi connectivity index (χ3n) is 3.55. The molecule has 0 bridgehead atoms. The van der Waals surface area contributed by atoms with Gasteiger partial charge in [0.05, 0.1) is 11.4 Å². The number of pyridine rings is 2. The lowest BCUT2D eigenvalue weighted by molar-refractivity contribution is -0.135. The Morgan fingerprint density at radius 2 is 1.57 bits per heavy atom. The van der Waals surface area contributed by atoms with E-state index in [0.29, 0.717) is 5.69 Å². The summed E-state index contributed by atoms with van der Waals surface area (Å²) in [5, 5.41) is 4.19.